The first-order chi connectivity index (χ1) is 9.25. The lowest BCUT2D eigenvalue weighted by Gasteiger charge is -2.17. The van der Waals surface area contributed by atoms with Gasteiger partial charge in [-0.05, 0) is 29.7 Å². The molecule has 0 aromatic heterocycles. The Hall–Kier alpha value is -1.80. The molecule has 2 atom stereocenters. The minimum atomic E-state index is -0.106. The third-order valence-electron chi connectivity index (χ3n) is 3.49. The summed E-state index contributed by atoms with van der Waals surface area (Å²) >= 11 is 6.36. The maximum Gasteiger partial charge on any atom is 0.251 e. The Balaban J connectivity index is 1.82. The molecule has 0 radical (unpaired) electrons. The topological polar surface area (TPSA) is 29.1 Å². The van der Waals surface area contributed by atoms with Crippen molar-refractivity contribution in [1.82, 2.24) is 5.32 Å². The summed E-state index contributed by atoms with van der Waals surface area (Å²) < 4.78 is 0. The van der Waals surface area contributed by atoms with Gasteiger partial charge in [-0.3, -0.25) is 4.79 Å². The molecule has 19 heavy (non-hydrogen) atoms. The van der Waals surface area contributed by atoms with Gasteiger partial charge in [0.2, 0.25) is 0 Å². The van der Waals surface area contributed by atoms with Gasteiger partial charge < -0.3 is 5.32 Å². The molecular formula is C16H14ClNO. The van der Waals surface area contributed by atoms with Crippen LogP contribution >= 0.6 is 11.6 Å². The van der Waals surface area contributed by atoms with Crippen LogP contribution < -0.4 is 5.32 Å². The minimum Gasteiger partial charge on any atom is -0.344 e. The van der Waals surface area contributed by atoms with Crippen LogP contribution in [0.1, 0.15) is 27.5 Å². The Kier molecular flexibility index (Phi) is 3.26. The Morgan fingerprint density at radius 2 is 1.74 bits per heavy atom. The zero-order valence-corrected chi connectivity index (χ0v) is 11.1. The number of rotatable bonds is 2. The van der Waals surface area contributed by atoms with E-state index in [2.05, 4.69) is 11.4 Å². The summed E-state index contributed by atoms with van der Waals surface area (Å²) in [5, 5.41) is 2.95. The smallest absolute Gasteiger partial charge is 0.251 e. The van der Waals surface area contributed by atoms with Crippen molar-refractivity contribution in [2.75, 3.05) is 0 Å². The Bertz CT molecular complexity index is 597. The van der Waals surface area contributed by atoms with Gasteiger partial charge in [-0.25, -0.2) is 0 Å². The molecule has 0 fully saturated rings. The SMILES string of the molecule is O=C(NC1c2ccccc2CC1Cl)c1ccccc1. The molecule has 3 rings (SSSR count). The average Bonchev–Trinajstić information content (AvgIpc) is 2.76. The summed E-state index contributed by atoms with van der Waals surface area (Å²) in [6, 6.07) is 17.2. The van der Waals surface area contributed by atoms with Gasteiger partial charge in [-0.2, -0.15) is 0 Å². The highest BCUT2D eigenvalue weighted by molar-refractivity contribution is 6.21. The van der Waals surface area contributed by atoms with Crippen LogP contribution in [0.15, 0.2) is 54.6 Å². The van der Waals surface area contributed by atoms with Gasteiger partial charge in [0.15, 0.2) is 0 Å². The highest BCUT2D eigenvalue weighted by Crippen LogP contribution is 2.34. The molecule has 0 bridgehead atoms. The lowest BCUT2D eigenvalue weighted by Crippen LogP contribution is -2.31. The van der Waals surface area contributed by atoms with E-state index in [1.54, 1.807) is 12.1 Å². The second-order valence-electron chi connectivity index (χ2n) is 4.74. The Morgan fingerprint density at radius 1 is 1.05 bits per heavy atom. The molecule has 1 N–H and O–H groups in total. The Morgan fingerprint density at radius 3 is 2.53 bits per heavy atom. The van der Waals surface area contributed by atoms with Crippen molar-refractivity contribution in [3.05, 3.63) is 71.3 Å². The predicted octanol–water partition coefficient (Wildman–Crippen LogP) is 3.32. The Labute approximate surface area is 117 Å². The third-order valence-corrected chi connectivity index (χ3v) is 3.90. The van der Waals surface area contributed by atoms with Crippen LogP contribution in [0.4, 0.5) is 0 Å². The highest BCUT2D eigenvalue weighted by Gasteiger charge is 2.31. The lowest BCUT2D eigenvalue weighted by molar-refractivity contribution is 0.0937. The summed E-state index contributed by atoms with van der Waals surface area (Å²) in [5.74, 6) is -0.0760. The number of halogens is 1. The molecule has 3 heteroatoms. The van der Waals surface area contributed by atoms with Gasteiger partial charge in [0.25, 0.3) is 5.91 Å². The van der Waals surface area contributed by atoms with E-state index in [1.165, 1.54) is 5.56 Å². The molecule has 0 spiro atoms. The number of alkyl halides is 1. The van der Waals surface area contributed by atoms with E-state index in [4.69, 9.17) is 11.6 Å². The molecule has 0 saturated heterocycles. The summed E-state index contributed by atoms with van der Waals surface area (Å²) in [4.78, 5) is 12.2. The summed E-state index contributed by atoms with van der Waals surface area (Å²) in [5.41, 5.74) is 3.02. The lowest BCUT2D eigenvalue weighted by atomic mass is 10.1. The zero-order valence-electron chi connectivity index (χ0n) is 10.3. The molecule has 2 unspecified atom stereocenters. The van der Waals surface area contributed by atoms with Gasteiger partial charge in [-0.15, -0.1) is 11.6 Å². The van der Waals surface area contributed by atoms with Gasteiger partial charge in [0.05, 0.1) is 11.4 Å². The summed E-state index contributed by atoms with van der Waals surface area (Å²) in [6.07, 6.45) is 0.803. The van der Waals surface area contributed by atoms with Crippen LogP contribution in [0.3, 0.4) is 0 Å². The van der Waals surface area contributed by atoms with E-state index >= 15 is 0 Å². The van der Waals surface area contributed by atoms with Crippen LogP contribution in [-0.2, 0) is 6.42 Å². The number of benzene rings is 2. The number of carbonyl (C=O) groups excluding carboxylic acids is 1. The average molecular weight is 272 g/mol. The largest absolute Gasteiger partial charge is 0.344 e. The number of hydrogen-bond donors (Lipinski definition) is 1. The summed E-state index contributed by atoms with van der Waals surface area (Å²) in [7, 11) is 0. The molecule has 1 aliphatic rings. The maximum atomic E-state index is 12.2. The zero-order chi connectivity index (χ0) is 13.2. The molecule has 96 valence electrons. The van der Waals surface area contributed by atoms with Crippen LogP contribution in [-0.4, -0.2) is 11.3 Å². The number of nitrogens with one attached hydrogen (secondary N) is 1. The fraction of sp³-hybridized carbons (Fsp3) is 0.188. The minimum absolute atomic E-state index is 0.0760. The van der Waals surface area contributed by atoms with Crippen LogP contribution in [0.5, 0.6) is 0 Å². The van der Waals surface area contributed by atoms with Crippen molar-refractivity contribution < 1.29 is 4.79 Å². The van der Waals surface area contributed by atoms with E-state index in [-0.39, 0.29) is 17.3 Å². The monoisotopic (exact) mass is 271 g/mol. The van der Waals surface area contributed by atoms with Crippen molar-refractivity contribution in [3.63, 3.8) is 0 Å². The normalized spacial score (nSPS) is 20.9. The number of carbonyl (C=O) groups is 1. The molecular weight excluding hydrogens is 258 g/mol. The molecule has 1 amide bonds. The fourth-order valence-electron chi connectivity index (χ4n) is 2.53. The van der Waals surface area contributed by atoms with Crippen LogP contribution in [0, 0.1) is 0 Å². The number of amides is 1. The fourth-order valence-corrected chi connectivity index (χ4v) is 2.89. The van der Waals surface area contributed by atoms with Gasteiger partial charge >= 0.3 is 0 Å². The molecule has 0 aliphatic heterocycles. The van der Waals surface area contributed by atoms with E-state index in [0.717, 1.165) is 12.0 Å². The molecule has 0 saturated carbocycles. The quantitative estimate of drug-likeness (QED) is 0.834. The van der Waals surface area contributed by atoms with Gasteiger partial charge in [0.1, 0.15) is 0 Å². The molecule has 1 aliphatic carbocycles. The first kappa shape index (κ1) is 12.2. The van der Waals surface area contributed by atoms with Crippen molar-refractivity contribution in [1.29, 1.82) is 0 Å². The number of hydrogen-bond acceptors (Lipinski definition) is 1. The van der Waals surface area contributed by atoms with Crippen LogP contribution in [0.2, 0.25) is 0 Å². The van der Waals surface area contributed by atoms with Gasteiger partial charge in [0, 0.05) is 5.56 Å². The van der Waals surface area contributed by atoms with E-state index in [1.807, 2.05) is 36.4 Å². The van der Waals surface area contributed by atoms with Crippen molar-refractivity contribution in [2.24, 2.45) is 0 Å². The van der Waals surface area contributed by atoms with E-state index in [9.17, 15) is 4.79 Å². The molecule has 2 aromatic carbocycles. The van der Waals surface area contributed by atoms with E-state index < -0.39 is 0 Å². The second-order valence-corrected chi connectivity index (χ2v) is 5.30. The van der Waals surface area contributed by atoms with E-state index in [0.29, 0.717) is 5.56 Å². The summed E-state index contributed by atoms with van der Waals surface area (Å²) in [6.45, 7) is 0. The third kappa shape index (κ3) is 2.36. The van der Waals surface area contributed by atoms with Gasteiger partial charge in [-0.1, -0.05) is 42.5 Å². The number of fused-ring (bicyclic) bond motifs is 1. The van der Waals surface area contributed by atoms with Crippen molar-refractivity contribution in [3.8, 4) is 0 Å². The standard InChI is InChI=1S/C16H14ClNO/c17-14-10-12-8-4-5-9-13(12)15(14)18-16(19)11-6-2-1-3-7-11/h1-9,14-15H,10H2,(H,18,19). The first-order valence-electron chi connectivity index (χ1n) is 6.33. The van der Waals surface area contributed by atoms with Crippen molar-refractivity contribution >= 4 is 17.5 Å². The maximum absolute atomic E-state index is 12.2. The van der Waals surface area contributed by atoms with Crippen LogP contribution in [0.25, 0.3) is 0 Å². The molecule has 0 heterocycles. The predicted molar refractivity (Wildman–Crippen MR) is 76.4 cm³/mol. The highest BCUT2D eigenvalue weighted by atomic mass is 35.5. The second kappa shape index (κ2) is 5.06. The molecule has 2 aromatic rings. The molecule has 2 nitrogen and oxygen atoms in total. The first-order valence-corrected chi connectivity index (χ1v) is 6.77. The van der Waals surface area contributed by atoms with Crippen molar-refractivity contribution in [2.45, 2.75) is 17.8 Å².